The first-order valence-corrected chi connectivity index (χ1v) is 7.82. The summed E-state index contributed by atoms with van der Waals surface area (Å²) in [5, 5.41) is 4.45. The molecule has 3 rings (SSSR count). The van der Waals surface area contributed by atoms with Crippen molar-refractivity contribution >= 4 is 16.7 Å². The Morgan fingerprint density at radius 1 is 1.00 bits per heavy atom. The molecule has 3 aromatic rings. The number of methoxy groups -OCH3 is 1. The van der Waals surface area contributed by atoms with E-state index in [1.165, 1.54) is 0 Å². The van der Waals surface area contributed by atoms with Crippen molar-refractivity contribution in [3.8, 4) is 11.5 Å². The Morgan fingerprint density at radius 3 is 2.62 bits per heavy atom. The van der Waals surface area contributed by atoms with Gasteiger partial charge in [0.25, 0.3) is 0 Å². The van der Waals surface area contributed by atoms with Crippen molar-refractivity contribution in [1.29, 1.82) is 0 Å². The molecular formula is C19H21N3O2. The number of fused-ring (bicyclic) bond motifs is 1. The molecule has 0 aliphatic rings. The van der Waals surface area contributed by atoms with Gasteiger partial charge < -0.3 is 14.8 Å². The highest BCUT2D eigenvalue weighted by Crippen LogP contribution is 2.24. The minimum atomic E-state index is -0.305. The molecule has 0 saturated carbocycles. The number of ether oxygens (including phenoxy) is 2. The molecular weight excluding hydrogens is 302 g/mol. The fourth-order valence-electron chi connectivity index (χ4n) is 2.42. The number of para-hydroxylation sites is 1. The summed E-state index contributed by atoms with van der Waals surface area (Å²) < 4.78 is 11.1. The van der Waals surface area contributed by atoms with Crippen molar-refractivity contribution in [1.82, 2.24) is 9.97 Å². The first kappa shape index (κ1) is 16.1. The van der Waals surface area contributed by atoms with Crippen LogP contribution < -0.4 is 14.8 Å². The number of aromatic nitrogens is 2. The summed E-state index contributed by atoms with van der Waals surface area (Å²) in [6.07, 6.45) is 1.57. The molecule has 0 aliphatic carbocycles. The molecule has 5 nitrogen and oxygen atoms in total. The minimum Gasteiger partial charge on any atom is -0.497 e. The van der Waals surface area contributed by atoms with E-state index in [4.69, 9.17) is 9.47 Å². The maximum atomic E-state index is 5.91. The van der Waals surface area contributed by atoms with Gasteiger partial charge in [-0.2, -0.15) is 0 Å². The Morgan fingerprint density at radius 2 is 1.79 bits per heavy atom. The van der Waals surface area contributed by atoms with E-state index in [0.29, 0.717) is 6.61 Å². The smallest absolute Gasteiger partial charge is 0.137 e. The Labute approximate surface area is 141 Å². The van der Waals surface area contributed by atoms with Gasteiger partial charge in [-0.3, -0.25) is 0 Å². The van der Waals surface area contributed by atoms with Gasteiger partial charge in [0, 0.05) is 11.5 Å². The first-order chi connectivity index (χ1) is 11.6. The van der Waals surface area contributed by atoms with Gasteiger partial charge in [0.1, 0.15) is 30.3 Å². The lowest BCUT2D eigenvalue weighted by molar-refractivity contribution is 0.255. The molecule has 1 aromatic heterocycles. The molecule has 1 heterocycles. The average Bonchev–Trinajstić information content (AvgIpc) is 2.60. The average molecular weight is 323 g/mol. The number of hydrogen-bond donors (Lipinski definition) is 1. The summed E-state index contributed by atoms with van der Waals surface area (Å²) in [6.45, 7) is 4.63. The van der Waals surface area contributed by atoms with Gasteiger partial charge in [0.05, 0.1) is 18.2 Å². The quantitative estimate of drug-likeness (QED) is 0.745. The van der Waals surface area contributed by atoms with Crippen LogP contribution in [0.2, 0.25) is 0 Å². The third-order valence-electron chi connectivity index (χ3n) is 3.64. The van der Waals surface area contributed by atoms with Crippen molar-refractivity contribution in [3.63, 3.8) is 0 Å². The highest BCUT2D eigenvalue weighted by atomic mass is 16.5. The zero-order valence-corrected chi connectivity index (χ0v) is 14.1. The van der Waals surface area contributed by atoms with Crippen LogP contribution in [0.25, 0.3) is 10.9 Å². The second-order valence-corrected chi connectivity index (χ2v) is 6.22. The molecule has 0 saturated heterocycles. The number of anilines is 1. The van der Waals surface area contributed by atoms with E-state index in [2.05, 4.69) is 29.1 Å². The van der Waals surface area contributed by atoms with Crippen LogP contribution >= 0.6 is 0 Å². The van der Waals surface area contributed by atoms with E-state index in [1.54, 1.807) is 13.4 Å². The number of nitrogens with one attached hydrogen (secondary N) is 1. The number of nitrogens with zero attached hydrogens (tertiary/aromatic N) is 2. The normalized spacial score (nSPS) is 11.3. The largest absolute Gasteiger partial charge is 0.497 e. The molecule has 0 aliphatic heterocycles. The van der Waals surface area contributed by atoms with Crippen LogP contribution in [-0.2, 0) is 0 Å². The fraction of sp³-hybridized carbons (Fsp3) is 0.263. The Bertz CT molecular complexity index is 828. The van der Waals surface area contributed by atoms with Gasteiger partial charge in [0.15, 0.2) is 0 Å². The Hall–Kier alpha value is -2.82. The lowest BCUT2D eigenvalue weighted by atomic mass is 10.1. The number of benzene rings is 2. The van der Waals surface area contributed by atoms with Gasteiger partial charge in [0.2, 0.25) is 0 Å². The molecule has 5 heteroatoms. The zero-order valence-electron chi connectivity index (χ0n) is 14.1. The highest BCUT2D eigenvalue weighted by Gasteiger charge is 2.20. The van der Waals surface area contributed by atoms with Gasteiger partial charge in [-0.05, 0) is 38.1 Å². The van der Waals surface area contributed by atoms with Crippen LogP contribution in [0, 0.1) is 0 Å². The molecule has 0 atom stereocenters. The van der Waals surface area contributed by atoms with Crippen LogP contribution in [0.15, 0.2) is 54.9 Å². The molecule has 0 unspecified atom stereocenters. The summed E-state index contributed by atoms with van der Waals surface area (Å²) in [7, 11) is 1.64. The summed E-state index contributed by atoms with van der Waals surface area (Å²) in [6, 6.07) is 15.5. The number of hydrogen-bond acceptors (Lipinski definition) is 5. The molecule has 0 amide bonds. The molecule has 24 heavy (non-hydrogen) atoms. The van der Waals surface area contributed by atoms with Crippen molar-refractivity contribution < 1.29 is 9.47 Å². The van der Waals surface area contributed by atoms with Gasteiger partial charge in [-0.25, -0.2) is 9.97 Å². The van der Waals surface area contributed by atoms with Gasteiger partial charge >= 0.3 is 0 Å². The lowest BCUT2D eigenvalue weighted by Crippen LogP contribution is -2.38. The van der Waals surface area contributed by atoms with Gasteiger partial charge in [-0.15, -0.1) is 0 Å². The van der Waals surface area contributed by atoms with Gasteiger partial charge in [-0.1, -0.05) is 18.2 Å². The van der Waals surface area contributed by atoms with Crippen molar-refractivity contribution in [2.45, 2.75) is 19.4 Å². The van der Waals surface area contributed by atoms with Crippen LogP contribution in [0.3, 0.4) is 0 Å². The van der Waals surface area contributed by atoms with Crippen LogP contribution in [0.5, 0.6) is 11.5 Å². The minimum absolute atomic E-state index is 0.305. The third kappa shape index (κ3) is 3.74. The monoisotopic (exact) mass is 323 g/mol. The lowest BCUT2D eigenvalue weighted by Gasteiger charge is -2.27. The van der Waals surface area contributed by atoms with E-state index in [9.17, 15) is 0 Å². The second kappa shape index (κ2) is 6.74. The number of rotatable bonds is 6. The third-order valence-corrected chi connectivity index (χ3v) is 3.64. The van der Waals surface area contributed by atoms with Crippen LogP contribution in [0.1, 0.15) is 13.8 Å². The standard InChI is InChI=1S/C19H21N3O2/c1-19(2,12-24-15-8-6-7-14(11-15)23-3)22-18-16-9-4-5-10-17(16)20-13-21-18/h4-11,13H,12H2,1-3H3,(H,20,21,22). The molecule has 0 bridgehead atoms. The van der Waals surface area contributed by atoms with Crippen molar-refractivity contribution in [3.05, 3.63) is 54.9 Å². The summed E-state index contributed by atoms with van der Waals surface area (Å²) in [5.41, 5.74) is 0.611. The Kier molecular flexibility index (Phi) is 4.51. The summed E-state index contributed by atoms with van der Waals surface area (Å²) >= 11 is 0. The van der Waals surface area contributed by atoms with E-state index >= 15 is 0 Å². The SMILES string of the molecule is COc1cccc(OCC(C)(C)Nc2ncnc3ccccc23)c1. The first-order valence-electron chi connectivity index (χ1n) is 7.82. The zero-order chi connectivity index (χ0) is 17.0. The highest BCUT2D eigenvalue weighted by molar-refractivity contribution is 5.88. The molecule has 124 valence electrons. The van der Waals surface area contributed by atoms with Crippen molar-refractivity contribution in [2.75, 3.05) is 19.0 Å². The fourth-order valence-corrected chi connectivity index (χ4v) is 2.42. The molecule has 0 spiro atoms. The predicted molar refractivity (Wildman–Crippen MR) is 95.7 cm³/mol. The summed E-state index contributed by atoms with van der Waals surface area (Å²) in [4.78, 5) is 8.66. The molecule has 2 aromatic carbocycles. The van der Waals surface area contributed by atoms with E-state index in [-0.39, 0.29) is 5.54 Å². The van der Waals surface area contributed by atoms with Crippen molar-refractivity contribution in [2.24, 2.45) is 0 Å². The second-order valence-electron chi connectivity index (χ2n) is 6.22. The molecule has 0 radical (unpaired) electrons. The molecule has 1 N–H and O–H groups in total. The van der Waals surface area contributed by atoms with E-state index < -0.39 is 0 Å². The van der Waals surface area contributed by atoms with E-state index in [0.717, 1.165) is 28.2 Å². The maximum absolute atomic E-state index is 5.91. The Balaban J connectivity index is 1.73. The van der Waals surface area contributed by atoms with Crippen LogP contribution in [0.4, 0.5) is 5.82 Å². The molecule has 0 fully saturated rings. The van der Waals surface area contributed by atoms with E-state index in [1.807, 2.05) is 48.5 Å². The maximum Gasteiger partial charge on any atom is 0.137 e. The predicted octanol–water partition coefficient (Wildman–Crippen LogP) is 3.91. The topological polar surface area (TPSA) is 56.3 Å². The van der Waals surface area contributed by atoms with Crippen LogP contribution in [-0.4, -0.2) is 29.2 Å². The summed E-state index contributed by atoms with van der Waals surface area (Å²) in [5.74, 6) is 2.36.